The molecule has 0 radical (unpaired) electrons. The molecule has 3 rings (SSSR count). The number of rotatable bonds is 4. The number of nitrogens with one attached hydrogen (secondary N) is 1. The van der Waals surface area contributed by atoms with Crippen LogP contribution in [0.25, 0.3) is 6.08 Å². The van der Waals surface area contributed by atoms with Crippen molar-refractivity contribution in [3.63, 3.8) is 0 Å². The normalized spacial score (nSPS) is 14.0. The maximum Gasteiger partial charge on any atom is 0.246 e. The van der Waals surface area contributed by atoms with E-state index in [4.69, 9.17) is 0 Å². The molecule has 148 valence electrons. The highest BCUT2D eigenvalue weighted by molar-refractivity contribution is 5.93. The van der Waals surface area contributed by atoms with Gasteiger partial charge in [0.15, 0.2) is 0 Å². The first-order chi connectivity index (χ1) is 12.9. The molecule has 0 spiro atoms. The summed E-state index contributed by atoms with van der Waals surface area (Å²) in [7, 11) is 3.67. The van der Waals surface area contributed by atoms with Crippen molar-refractivity contribution in [1.82, 2.24) is 14.8 Å². The van der Waals surface area contributed by atoms with E-state index in [0.717, 1.165) is 16.7 Å². The minimum atomic E-state index is -0.0732. The van der Waals surface area contributed by atoms with E-state index in [1.807, 2.05) is 49.2 Å². The molecule has 2 aromatic rings. The number of fused-ring (bicyclic) bond motifs is 1. The van der Waals surface area contributed by atoms with Crippen molar-refractivity contribution in [3.05, 3.63) is 64.9 Å². The molecule has 0 saturated carbocycles. The molecule has 1 aliphatic rings. The average Bonchev–Trinajstić information content (AvgIpc) is 2.77. The van der Waals surface area contributed by atoms with E-state index in [2.05, 4.69) is 10.3 Å². The van der Waals surface area contributed by atoms with E-state index in [1.54, 1.807) is 30.3 Å². The number of pyridine rings is 1. The van der Waals surface area contributed by atoms with Gasteiger partial charge in [0.05, 0.1) is 6.54 Å². The van der Waals surface area contributed by atoms with Crippen LogP contribution in [0.1, 0.15) is 22.3 Å². The van der Waals surface area contributed by atoms with Gasteiger partial charge in [0.2, 0.25) is 11.8 Å². The van der Waals surface area contributed by atoms with Crippen LogP contribution in [0.5, 0.6) is 0 Å². The van der Waals surface area contributed by atoms with Gasteiger partial charge in [-0.05, 0) is 37.2 Å². The number of aryl methyl sites for hydroxylation is 1. The zero-order chi connectivity index (χ0) is 19.4. The summed E-state index contributed by atoms with van der Waals surface area (Å²) in [5.41, 5.74) is 4.06. The lowest BCUT2D eigenvalue weighted by Crippen LogP contribution is -2.26. The fourth-order valence-electron chi connectivity index (χ4n) is 2.96. The lowest BCUT2D eigenvalue weighted by Gasteiger charge is -2.15. The van der Waals surface area contributed by atoms with Gasteiger partial charge in [-0.2, -0.15) is 0 Å². The molecule has 1 aliphatic heterocycles. The number of carbonyl (C=O) groups is 2. The molecule has 0 fully saturated rings. The molecule has 1 aromatic carbocycles. The molecule has 1 aromatic heterocycles. The highest BCUT2D eigenvalue weighted by atomic mass is 35.5. The van der Waals surface area contributed by atoms with E-state index in [1.165, 1.54) is 5.56 Å². The van der Waals surface area contributed by atoms with Crippen molar-refractivity contribution in [2.24, 2.45) is 0 Å². The molecule has 0 saturated heterocycles. The van der Waals surface area contributed by atoms with Gasteiger partial charge in [0.25, 0.3) is 0 Å². The monoisotopic (exact) mass is 400 g/mol. The number of hydrogen-bond acceptors (Lipinski definition) is 4. The van der Waals surface area contributed by atoms with Crippen LogP contribution in [-0.2, 0) is 22.7 Å². The average molecular weight is 401 g/mol. The highest BCUT2D eigenvalue weighted by Crippen LogP contribution is 2.19. The summed E-state index contributed by atoms with van der Waals surface area (Å²) in [6, 6.07) is 10.1. The van der Waals surface area contributed by atoms with E-state index in [0.29, 0.717) is 25.5 Å². The Bertz CT molecular complexity index is 880. The van der Waals surface area contributed by atoms with Crippen LogP contribution >= 0.6 is 12.4 Å². The zero-order valence-electron chi connectivity index (χ0n) is 16.3. The van der Waals surface area contributed by atoms with Gasteiger partial charge in [-0.25, -0.2) is 4.98 Å². The molecule has 6 nitrogen and oxygen atoms in total. The third-order valence-corrected chi connectivity index (χ3v) is 4.43. The lowest BCUT2D eigenvalue weighted by atomic mass is 10.1. The number of anilines is 1. The van der Waals surface area contributed by atoms with Gasteiger partial charge in [0, 0.05) is 38.0 Å². The van der Waals surface area contributed by atoms with Crippen molar-refractivity contribution in [2.45, 2.75) is 20.0 Å². The SMILES string of the molecule is Cc1ccc(CN(C)C(=O)C=Cc2cnc3c(c2)CN(C)CC(=O)N3)cc1.Cl. The van der Waals surface area contributed by atoms with Crippen LogP contribution in [-0.4, -0.2) is 47.2 Å². The Kier molecular flexibility index (Phi) is 7.31. The summed E-state index contributed by atoms with van der Waals surface area (Å²) >= 11 is 0. The Hall–Kier alpha value is -2.70. The fourth-order valence-corrected chi connectivity index (χ4v) is 2.96. The minimum absolute atomic E-state index is 0. The first kappa shape index (κ1) is 21.6. The molecule has 0 atom stereocenters. The number of amides is 2. The van der Waals surface area contributed by atoms with Crippen molar-refractivity contribution in [3.8, 4) is 0 Å². The molecular formula is C21H25ClN4O2. The van der Waals surface area contributed by atoms with E-state index < -0.39 is 0 Å². The Morgan fingerprint density at radius 1 is 1.29 bits per heavy atom. The number of halogens is 1. The van der Waals surface area contributed by atoms with E-state index >= 15 is 0 Å². The van der Waals surface area contributed by atoms with Gasteiger partial charge in [-0.1, -0.05) is 29.8 Å². The second kappa shape index (κ2) is 9.48. The minimum Gasteiger partial charge on any atom is -0.338 e. The molecule has 0 bridgehead atoms. The van der Waals surface area contributed by atoms with Crippen LogP contribution in [0.2, 0.25) is 0 Å². The zero-order valence-corrected chi connectivity index (χ0v) is 17.1. The topological polar surface area (TPSA) is 65.5 Å². The number of hydrogen-bond donors (Lipinski definition) is 1. The third-order valence-electron chi connectivity index (χ3n) is 4.43. The number of nitrogens with zero attached hydrogens (tertiary/aromatic N) is 3. The predicted octanol–water partition coefficient (Wildman–Crippen LogP) is 2.87. The Morgan fingerprint density at radius 3 is 2.71 bits per heavy atom. The predicted molar refractivity (Wildman–Crippen MR) is 113 cm³/mol. The van der Waals surface area contributed by atoms with Gasteiger partial charge in [0.1, 0.15) is 5.82 Å². The second-order valence-corrected chi connectivity index (χ2v) is 7.01. The summed E-state index contributed by atoms with van der Waals surface area (Å²) in [4.78, 5) is 32.1. The van der Waals surface area contributed by atoms with Crippen LogP contribution in [0, 0.1) is 6.92 Å². The molecule has 1 N–H and O–H groups in total. The van der Waals surface area contributed by atoms with Crippen molar-refractivity contribution in [2.75, 3.05) is 26.0 Å². The van der Waals surface area contributed by atoms with Gasteiger partial charge in [-0.3, -0.25) is 14.5 Å². The molecule has 7 heteroatoms. The van der Waals surface area contributed by atoms with Crippen molar-refractivity contribution in [1.29, 1.82) is 0 Å². The summed E-state index contributed by atoms with van der Waals surface area (Å²) in [5, 5.41) is 2.80. The van der Waals surface area contributed by atoms with Gasteiger partial charge in [-0.15, -0.1) is 12.4 Å². The summed E-state index contributed by atoms with van der Waals surface area (Å²) in [5.74, 6) is 0.445. The maximum atomic E-state index is 12.4. The molecule has 0 aliphatic carbocycles. The number of likely N-dealkylation sites (N-methyl/N-ethyl adjacent to an activating group) is 2. The molecule has 28 heavy (non-hydrogen) atoms. The summed E-state index contributed by atoms with van der Waals surface area (Å²) in [6.45, 7) is 3.57. The maximum absolute atomic E-state index is 12.4. The smallest absolute Gasteiger partial charge is 0.246 e. The third kappa shape index (κ3) is 5.65. The van der Waals surface area contributed by atoms with E-state index in [-0.39, 0.29) is 24.2 Å². The summed E-state index contributed by atoms with van der Waals surface area (Å²) < 4.78 is 0. The molecular weight excluding hydrogens is 376 g/mol. The lowest BCUT2D eigenvalue weighted by molar-refractivity contribution is -0.125. The first-order valence-electron chi connectivity index (χ1n) is 8.87. The number of aromatic nitrogens is 1. The highest BCUT2D eigenvalue weighted by Gasteiger charge is 2.17. The fraction of sp³-hybridized carbons (Fsp3) is 0.286. The molecule has 2 amide bonds. The Balaban J connectivity index is 0.00000280. The summed E-state index contributed by atoms with van der Waals surface area (Å²) in [6.07, 6.45) is 4.97. The quantitative estimate of drug-likeness (QED) is 0.801. The molecule has 0 unspecified atom stereocenters. The van der Waals surface area contributed by atoms with Crippen LogP contribution < -0.4 is 5.32 Å². The number of benzene rings is 1. The number of carbonyl (C=O) groups excluding carboxylic acids is 2. The largest absolute Gasteiger partial charge is 0.338 e. The molecule has 2 heterocycles. The van der Waals surface area contributed by atoms with Crippen LogP contribution in [0.15, 0.2) is 42.6 Å². The van der Waals surface area contributed by atoms with Crippen LogP contribution in [0.3, 0.4) is 0 Å². The van der Waals surface area contributed by atoms with Gasteiger partial charge >= 0.3 is 0 Å². The second-order valence-electron chi connectivity index (χ2n) is 7.01. The Labute approximate surface area is 171 Å². The van der Waals surface area contributed by atoms with Crippen molar-refractivity contribution < 1.29 is 9.59 Å². The van der Waals surface area contributed by atoms with Crippen LogP contribution in [0.4, 0.5) is 5.82 Å². The standard InChI is InChI=1S/C21H24N4O2.ClH/c1-15-4-6-16(7-5-15)12-25(3)20(27)9-8-17-10-18-13-24(2)14-19(26)23-21(18)22-11-17;/h4-11H,12-14H2,1-3H3,(H,22,23,26);1H. The Morgan fingerprint density at radius 2 is 2.00 bits per heavy atom. The van der Waals surface area contributed by atoms with Crippen molar-refractivity contribution >= 4 is 36.1 Å². The van der Waals surface area contributed by atoms with E-state index in [9.17, 15) is 9.59 Å². The van der Waals surface area contributed by atoms with Gasteiger partial charge < -0.3 is 10.2 Å². The first-order valence-corrected chi connectivity index (χ1v) is 8.87.